The highest BCUT2D eigenvalue weighted by Gasteiger charge is 2.36. The van der Waals surface area contributed by atoms with Gasteiger partial charge >= 0.3 is 23.9 Å². The van der Waals surface area contributed by atoms with Crippen LogP contribution in [0.25, 0.3) is 21.8 Å². The van der Waals surface area contributed by atoms with Crippen LogP contribution in [0, 0.1) is 0 Å². The molecular formula is C42H52N2O14. The first-order valence-corrected chi connectivity index (χ1v) is 19.8. The highest BCUT2D eigenvalue weighted by Crippen LogP contribution is 2.32. The highest BCUT2D eigenvalue weighted by molar-refractivity contribution is 6.05. The molecule has 0 atom stereocenters. The zero-order chi connectivity index (χ0) is 40.4. The molecule has 4 aromatic rings. The van der Waals surface area contributed by atoms with Gasteiger partial charge in [-0.3, -0.25) is 19.2 Å². The third-order valence-corrected chi connectivity index (χ3v) is 9.63. The number of nitrogens with zero attached hydrogens (tertiary/aromatic N) is 2. The summed E-state index contributed by atoms with van der Waals surface area (Å²) >= 11 is 0. The monoisotopic (exact) mass is 808 g/mol. The Bertz CT molecular complexity index is 1750. The van der Waals surface area contributed by atoms with Crippen molar-refractivity contribution in [1.29, 1.82) is 0 Å². The first-order chi connectivity index (χ1) is 28.5. The molecule has 0 amide bonds. The number of hydrogen-bond acceptors (Lipinski definition) is 14. The van der Waals surface area contributed by atoms with Crippen molar-refractivity contribution in [3.05, 3.63) is 72.1 Å². The molecule has 0 bridgehead atoms. The first-order valence-electron chi connectivity index (χ1n) is 19.8. The van der Waals surface area contributed by atoms with Gasteiger partial charge in [0.15, 0.2) is 11.8 Å². The van der Waals surface area contributed by atoms with E-state index in [0.29, 0.717) is 77.1 Å². The van der Waals surface area contributed by atoms with Crippen LogP contribution in [0.3, 0.4) is 0 Å². The molecule has 16 nitrogen and oxygen atoms in total. The molecule has 0 N–H and O–H groups in total. The fourth-order valence-corrected chi connectivity index (χ4v) is 6.87. The second-order valence-electron chi connectivity index (χ2n) is 13.5. The Morgan fingerprint density at radius 1 is 0.397 bits per heavy atom. The van der Waals surface area contributed by atoms with Gasteiger partial charge < -0.3 is 56.5 Å². The number of carbonyl (C=O) groups is 4. The molecule has 2 fully saturated rings. The molecule has 2 aliphatic heterocycles. The van der Waals surface area contributed by atoms with Gasteiger partial charge in [0.05, 0.1) is 79.3 Å². The maximum atomic E-state index is 13.5. The Kier molecular flexibility index (Phi) is 16.9. The number of cyclic esters (lactones) is 4. The molecule has 2 saturated heterocycles. The summed E-state index contributed by atoms with van der Waals surface area (Å²) in [4.78, 5) is 53.9. The van der Waals surface area contributed by atoms with Crippen LogP contribution in [0.2, 0.25) is 0 Å². The molecule has 0 spiro atoms. The van der Waals surface area contributed by atoms with Crippen LogP contribution >= 0.6 is 0 Å². The van der Waals surface area contributed by atoms with Crippen LogP contribution in [-0.2, 0) is 79.6 Å². The standard InChI is InChI=1S/C42H52N2O14/c45-39-37(40(46)56-26-22-52-18-14-49-13-17-51-21-25-55-39)33-29-43(35-9-3-1-7-31(33)35)11-5-6-12-44-30-34(32-8-2-4-10-36(32)44)38-41(47)57-27-23-53-19-15-50-16-20-54-24-28-58-42(38)48/h1-4,7-10,29-30,37-38H,5-6,11-28H2. The van der Waals surface area contributed by atoms with Crippen molar-refractivity contribution in [2.75, 3.05) is 106 Å². The summed E-state index contributed by atoms with van der Waals surface area (Å²) in [5.74, 6) is -5.51. The van der Waals surface area contributed by atoms with E-state index in [2.05, 4.69) is 0 Å². The van der Waals surface area contributed by atoms with Crippen molar-refractivity contribution in [3.8, 4) is 0 Å². The van der Waals surface area contributed by atoms with E-state index in [-0.39, 0.29) is 52.9 Å². The van der Waals surface area contributed by atoms with Crippen LogP contribution in [0.15, 0.2) is 60.9 Å². The molecule has 4 heterocycles. The Balaban J connectivity index is 1.16. The number of hydrogen-bond donors (Lipinski definition) is 0. The fourth-order valence-electron chi connectivity index (χ4n) is 6.87. The molecule has 58 heavy (non-hydrogen) atoms. The van der Waals surface area contributed by atoms with Crippen molar-refractivity contribution in [3.63, 3.8) is 0 Å². The molecule has 2 aliphatic rings. The maximum absolute atomic E-state index is 13.5. The summed E-state index contributed by atoms with van der Waals surface area (Å²) in [7, 11) is 0. The largest absolute Gasteiger partial charge is 0.462 e. The van der Waals surface area contributed by atoms with Crippen LogP contribution in [-0.4, -0.2) is 139 Å². The van der Waals surface area contributed by atoms with Gasteiger partial charge in [-0.1, -0.05) is 36.4 Å². The highest BCUT2D eigenvalue weighted by atomic mass is 16.6. The van der Waals surface area contributed by atoms with Gasteiger partial charge in [-0.25, -0.2) is 0 Å². The molecule has 6 rings (SSSR count). The minimum atomic E-state index is -1.31. The van der Waals surface area contributed by atoms with E-state index in [9.17, 15) is 19.2 Å². The van der Waals surface area contributed by atoms with E-state index in [1.54, 1.807) is 0 Å². The molecule has 2 aromatic heterocycles. The Morgan fingerprint density at radius 3 is 0.983 bits per heavy atom. The van der Waals surface area contributed by atoms with Crippen molar-refractivity contribution in [1.82, 2.24) is 9.13 Å². The van der Waals surface area contributed by atoms with Crippen molar-refractivity contribution in [2.24, 2.45) is 0 Å². The number of fused-ring (bicyclic) bond motifs is 2. The summed E-state index contributed by atoms with van der Waals surface area (Å²) in [6.07, 6.45) is 5.08. The lowest BCUT2D eigenvalue weighted by atomic mass is 9.98. The van der Waals surface area contributed by atoms with Crippen molar-refractivity contribution >= 4 is 45.7 Å². The number of benzene rings is 2. The topological polar surface area (TPSA) is 170 Å². The molecule has 16 heteroatoms. The summed E-state index contributed by atoms with van der Waals surface area (Å²) in [6, 6.07) is 15.2. The summed E-state index contributed by atoms with van der Waals surface area (Å²) in [5.41, 5.74) is 2.69. The lowest BCUT2D eigenvalue weighted by Gasteiger charge is -2.16. The van der Waals surface area contributed by atoms with E-state index in [1.807, 2.05) is 70.1 Å². The predicted octanol–water partition coefficient (Wildman–Crippen LogP) is 3.54. The smallest absolute Gasteiger partial charge is 0.325 e. The zero-order valence-electron chi connectivity index (χ0n) is 32.7. The van der Waals surface area contributed by atoms with Crippen LogP contribution in [0.1, 0.15) is 35.8 Å². The van der Waals surface area contributed by atoms with E-state index in [0.717, 1.165) is 34.6 Å². The third-order valence-electron chi connectivity index (χ3n) is 9.63. The summed E-state index contributed by atoms with van der Waals surface area (Å²) in [6.45, 7) is 4.57. The first kappa shape index (κ1) is 42.8. The van der Waals surface area contributed by atoms with Gasteiger partial charge in [0.1, 0.15) is 26.4 Å². The normalized spacial score (nSPS) is 19.4. The number of carbonyl (C=O) groups excluding carboxylic acids is 4. The minimum absolute atomic E-state index is 0.0244. The van der Waals surface area contributed by atoms with Crippen LogP contribution < -0.4 is 0 Å². The number of aryl methyl sites for hydroxylation is 2. The van der Waals surface area contributed by atoms with Crippen molar-refractivity contribution < 1.29 is 66.5 Å². The molecule has 0 radical (unpaired) electrons. The Morgan fingerprint density at radius 2 is 0.672 bits per heavy atom. The number of aromatic nitrogens is 2. The average molecular weight is 809 g/mol. The average Bonchev–Trinajstić information content (AvgIpc) is 3.77. The lowest BCUT2D eigenvalue weighted by Crippen LogP contribution is -2.28. The van der Waals surface area contributed by atoms with E-state index in [4.69, 9.17) is 47.4 Å². The molecule has 2 aromatic carbocycles. The second kappa shape index (κ2) is 22.9. The SMILES string of the molecule is O=C1OCCOCCOCCOCCOC(=O)C1c1cn(CCCCn2cc(C3C(=O)OCCOCCOCCOCCOC3=O)c3ccccc32)c2ccccc12. The predicted molar refractivity (Wildman–Crippen MR) is 207 cm³/mol. The fraction of sp³-hybridized carbons (Fsp3) is 0.524. The van der Waals surface area contributed by atoms with Crippen LogP contribution in [0.5, 0.6) is 0 Å². The van der Waals surface area contributed by atoms with Gasteiger partial charge in [0.2, 0.25) is 0 Å². The minimum Gasteiger partial charge on any atom is -0.462 e. The maximum Gasteiger partial charge on any atom is 0.325 e. The van der Waals surface area contributed by atoms with Gasteiger partial charge in [-0.05, 0) is 25.0 Å². The van der Waals surface area contributed by atoms with Gasteiger partial charge in [-0.2, -0.15) is 0 Å². The van der Waals surface area contributed by atoms with E-state index in [1.165, 1.54) is 0 Å². The van der Waals surface area contributed by atoms with Crippen LogP contribution in [0.4, 0.5) is 0 Å². The summed E-state index contributed by atoms with van der Waals surface area (Å²) in [5, 5.41) is 1.48. The number of para-hydroxylation sites is 2. The van der Waals surface area contributed by atoms with E-state index < -0.39 is 35.7 Å². The molecule has 0 unspecified atom stereocenters. The molecule has 0 aliphatic carbocycles. The summed E-state index contributed by atoms with van der Waals surface area (Å²) < 4.78 is 58.9. The van der Waals surface area contributed by atoms with Gasteiger partial charge in [-0.15, -0.1) is 0 Å². The number of unbranched alkanes of at least 4 members (excludes halogenated alkanes) is 1. The molecule has 0 saturated carbocycles. The molecule has 314 valence electrons. The third kappa shape index (κ3) is 11.9. The Labute approximate surface area is 336 Å². The Hall–Kier alpha value is -4.84. The molecular weight excluding hydrogens is 756 g/mol. The number of ether oxygens (including phenoxy) is 10. The number of rotatable bonds is 7. The van der Waals surface area contributed by atoms with Gasteiger partial charge in [0, 0.05) is 58.4 Å². The van der Waals surface area contributed by atoms with Gasteiger partial charge in [0.25, 0.3) is 0 Å². The van der Waals surface area contributed by atoms with E-state index >= 15 is 0 Å². The zero-order valence-corrected chi connectivity index (χ0v) is 32.7. The quantitative estimate of drug-likeness (QED) is 0.115. The number of esters is 4. The lowest BCUT2D eigenvalue weighted by molar-refractivity contribution is -0.161. The second-order valence-corrected chi connectivity index (χ2v) is 13.5. The van der Waals surface area contributed by atoms with Crippen molar-refractivity contribution in [2.45, 2.75) is 37.8 Å².